The number of hydrogen-bond donors (Lipinski definition) is 6. The summed E-state index contributed by atoms with van der Waals surface area (Å²) in [5.74, 6) is 1.79. The number of para-hydroxylation sites is 1. The molecule has 0 aromatic heterocycles. The molecule has 3 aromatic carbocycles. The smallest absolute Gasteiger partial charge is 0.238 e. The SMILES string of the molecule is CC12CCC(Br)C(C)(C)C1Cc1cc(O)c(Br)cc1O2.NS(=O)(=O)c1ccc(CCNC(=O)CCC2=NS(O)(O)c3ccccc3N2)cc1. The number of phenols is 1. The number of amides is 1. The number of benzene rings is 3. The number of carbonyl (C=O) groups is 1. The van der Waals surface area contributed by atoms with Gasteiger partial charge in [-0.15, -0.1) is 4.40 Å². The third-order valence-corrected chi connectivity index (χ3v) is 14.1. The summed E-state index contributed by atoms with van der Waals surface area (Å²) < 4.78 is 53.8. The lowest BCUT2D eigenvalue weighted by atomic mass is 9.59. The number of ether oxygens (including phenoxy) is 1. The number of phenolic OH excluding ortho intramolecular Hbond substituents is 1. The Morgan fingerprint density at radius 1 is 1.12 bits per heavy atom. The number of primary sulfonamides is 1. The first kappa shape index (κ1) is 37.6. The monoisotopic (exact) mass is 840 g/mol. The number of alkyl halides is 1. The second-order valence-electron chi connectivity index (χ2n) is 13.4. The van der Waals surface area contributed by atoms with Crippen LogP contribution in [0.5, 0.6) is 11.5 Å². The molecule has 3 aliphatic rings. The van der Waals surface area contributed by atoms with Crippen LogP contribution in [0, 0.1) is 11.3 Å². The quantitative estimate of drug-likeness (QED) is 0.133. The fraction of sp³-hybridized carbons (Fsp3) is 0.412. The zero-order valence-corrected chi connectivity index (χ0v) is 32.3. The average Bonchev–Trinajstić information content (AvgIpc) is 3.02. The summed E-state index contributed by atoms with van der Waals surface area (Å²) in [5.41, 5.74) is 2.61. The third kappa shape index (κ3) is 8.63. The van der Waals surface area contributed by atoms with Crippen molar-refractivity contribution in [3.8, 4) is 11.5 Å². The highest BCUT2D eigenvalue weighted by atomic mass is 79.9. The van der Waals surface area contributed by atoms with Gasteiger partial charge in [0, 0.05) is 30.1 Å². The van der Waals surface area contributed by atoms with E-state index in [1.807, 2.05) is 12.1 Å². The lowest BCUT2D eigenvalue weighted by Crippen LogP contribution is -2.57. The third-order valence-electron chi connectivity index (χ3n) is 9.51. The summed E-state index contributed by atoms with van der Waals surface area (Å²) in [6.07, 6.45) is 4.06. The van der Waals surface area contributed by atoms with Gasteiger partial charge in [0.1, 0.15) is 27.8 Å². The van der Waals surface area contributed by atoms with Crippen LogP contribution in [-0.4, -0.2) is 51.3 Å². The van der Waals surface area contributed by atoms with Crippen LogP contribution in [0.2, 0.25) is 0 Å². The Morgan fingerprint density at radius 3 is 2.51 bits per heavy atom. The Hall–Kier alpha value is -2.66. The standard InChI is InChI=1S/C18H22N4O5S2.C16H20Br2O2/c19-28(24,25)14-7-5-13(6-8-14)11-12-20-18(23)10-9-17-21-15-3-1-2-4-16(15)29(26,27)22-17;1-15(2)13-7-9-6-11(19)10(17)8-12(9)20-16(13,3)5-4-14(15)18/h1-8,26-27H,9-12H2,(H,20,23)(H,21,22)(H2,19,24,25);6,8,13-14,19H,4-5,7H2,1-3H3. The molecule has 3 atom stereocenters. The van der Waals surface area contributed by atoms with Crippen molar-refractivity contribution in [3.63, 3.8) is 0 Å². The maximum atomic E-state index is 12.1. The maximum Gasteiger partial charge on any atom is 0.238 e. The van der Waals surface area contributed by atoms with Crippen LogP contribution in [0.4, 0.5) is 5.69 Å². The Balaban J connectivity index is 0.000000204. The first-order valence-corrected chi connectivity index (χ1v) is 20.6. The largest absolute Gasteiger partial charge is 0.507 e. The van der Waals surface area contributed by atoms with Crippen LogP contribution in [0.15, 0.2) is 79.3 Å². The van der Waals surface area contributed by atoms with Gasteiger partial charge in [-0.05, 0) is 101 Å². The summed E-state index contributed by atoms with van der Waals surface area (Å²) >= 11 is 7.22. The summed E-state index contributed by atoms with van der Waals surface area (Å²) in [6, 6.07) is 16.7. The number of nitrogens with zero attached hydrogens (tertiary/aromatic N) is 1. The predicted molar refractivity (Wildman–Crippen MR) is 200 cm³/mol. The van der Waals surface area contributed by atoms with Crippen molar-refractivity contribution in [1.29, 1.82) is 0 Å². The van der Waals surface area contributed by atoms with E-state index in [4.69, 9.17) is 9.88 Å². The van der Waals surface area contributed by atoms with E-state index in [0.717, 1.165) is 36.1 Å². The number of nitrogens with two attached hydrogens (primary N) is 1. The average molecular weight is 843 g/mol. The summed E-state index contributed by atoms with van der Waals surface area (Å²) in [6.45, 7) is 7.26. The van der Waals surface area contributed by atoms with Crippen molar-refractivity contribution in [2.24, 2.45) is 20.9 Å². The van der Waals surface area contributed by atoms with E-state index in [2.05, 4.69) is 67.7 Å². The molecule has 1 saturated carbocycles. The molecule has 49 heavy (non-hydrogen) atoms. The molecule has 1 fully saturated rings. The van der Waals surface area contributed by atoms with Crippen LogP contribution in [0.1, 0.15) is 57.6 Å². The molecular formula is C34H42Br2N4O7S2. The van der Waals surface area contributed by atoms with Crippen molar-refractivity contribution in [3.05, 3.63) is 76.3 Å². The number of halogens is 2. The van der Waals surface area contributed by atoms with Gasteiger partial charge >= 0.3 is 0 Å². The summed E-state index contributed by atoms with van der Waals surface area (Å²) in [5, 5.41) is 20.8. The molecule has 15 heteroatoms. The number of rotatable bonds is 7. The molecule has 0 saturated heterocycles. The van der Waals surface area contributed by atoms with Gasteiger partial charge in [0.2, 0.25) is 15.9 Å². The molecule has 1 amide bonds. The number of hydrogen-bond acceptors (Lipinski definition) is 9. The Bertz CT molecular complexity index is 1860. The maximum absolute atomic E-state index is 12.1. The lowest BCUT2D eigenvalue weighted by Gasteiger charge is -2.55. The van der Waals surface area contributed by atoms with Crippen LogP contribution in [0.25, 0.3) is 0 Å². The number of aromatic hydroxyl groups is 1. The molecule has 7 N–H and O–H groups in total. The normalized spacial score (nSPS) is 23.8. The van der Waals surface area contributed by atoms with Gasteiger partial charge in [-0.25, -0.2) is 13.6 Å². The zero-order chi connectivity index (χ0) is 35.8. The Morgan fingerprint density at radius 2 is 1.82 bits per heavy atom. The number of sulfonamides is 1. The molecule has 2 heterocycles. The van der Waals surface area contributed by atoms with Gasteiger partial charge in [0.15, 0.2) is 0 Å². The first-order chi connectivity index (χ1) is 22.9. The van der Waals surface area contributed by atoms with Crippen molar-refractivity contribution < 1.29 is 32.2 Å². The van der Waals surface area contributed by atoms with E-state index >= 15 is 0 Å². The van der Waals surface area contributed by atoms with E-state index in [-0.39, 0.29) is 34.7 Å². The molecular weight excluding hydrogens is 800 g/mol. The highest BCUT2D eigenvalue weighted by Crippen LogP contribution is 2.56. The fourth-order valence-electron chi connectivity index (χ4n) is 6.69. The van der Waals surface area contributed by atoms with E-state index in [0.29, 0.717) is 50.4 Å². The minimum atomic E-state index is -3.72. The number of anilines is 1. The van der Waals surface area contributed by atoms with Gasteiger partial charge in [-0.3, -0.25) is 13.9 Å². The Labute approximate surface area is 305 Å². The second-order valence-corrected chi connectivity index (χ2v) is 18.6. The minimum Gasteiger partial charge on any atom is -0.507 e. The molecule has 266 valence electrons. The number of nitrogens with one attached hydrogen (secondary N) is 2. The van der Waals surface area contributed by atoms with Crippen LogP contribution >= 0.6 is 42.6 Å². The zero-order valence-electron chi connectivity index (χ0n) is 27.4. The molecule has 3 unspecified atom stereocenters. The van der Waals surface area contributed by atoms with Gasteiger partial charge < -0.3 is 20.5 Å². The molecule has 0 radical (unpaired) electrons. The van der Waals surface area contributed by atoms with Gasteiger partial charge in [0.25, 0.3) is 0 Å². The number of fused-ring (bicyclic) bond motifs is 3. The fourth-order valence-corrected chi connectivity index (χ4v) is 9.29. The molecule has 1 aliphatic carbocycles. The van der Waals surface area contributed by atoms with Crippen molar-refractivity contribution in [2.75, 3.05) is 11.9 Å². The molecule has 11 nitrogen and oxygen atoms in total. The van der Waals surface area contributed by atoms with Crippen molar-refractivity contribution in [2.45, 2.75) is 79.5 Å². The number of amidine groups is 1. The van der Waals surface area contributed by atoms with Crippen molar-refractivity contribution >= 4 is 70.1 Å². The highest BCUT2D eigenvalue weighted by molar-refractivity contribution is 9.10. The van der Waals surface area contributed by atoms with Gasteiger partial charge in [0.05, 0.1) is 15.1 Å². The molecule has 0 spiro atoms. The molecule has 6 rings (SSSR count). The van der Waals surface area contributed by atoms with Gasteiger partial charge in [-0.1, -0.05) is 64.8 Å². The lowest BCUT2D eigenvalue weighted by molar-refractivity contribution is -0.120. The van der Waals surface area contributed by atoms with Crippen LogP contribution in [-0.2, 0) is 27.7 Å². The van der Waals surface area contributed by atoms with E-state index < -0.39 is 20.8 Å². The van der Waals surface area contributed by atoms with Crippen molar-refractivity contribution in [1.82, 2.24) is 5.32 Å². The Kier molecular flexibility index (Phi) is 11.1. The predicted octanol–water partition coefficient (Wildman–Crippen LogP) is 7.37. The minimum absolute atomic E-state index is 0.0404. The topological polar surface area (TPSA) is 184 Å². The molecule has 2 aliphatic heterocycles. The molecule has 3 aromatic rings. The molecule has 0 bridgehead atoms. The van der Waals surface area contributed by atoms with Crippen LogP contribution < -0.4 is 20.5 Å². The van der Waals surface area contributed by atoms with Crippen LogP contribution in [0.3, 0.4) is 0 Å². The summed E-state index contributed by atoms with van der Waals surface area (Å²) in [7, 11) is -6.98. The first-order valence-electron chi connectivity index (χ1n) is 15.8. The second kappa shape index (κ2) is 14.5. The summed E-state index contributed by atoms with van der Waals surface area (Å²) in [4.78, 5) is 13.0. The van der Waals surface area contributed by atoms with Gasteiger partial charge in [-0.2, -0.15) is 0 Å². The van der Waals surface area contributed by atoms with E-state index in [9.17, 15) is 27.4 Å². The number of carbonyl (C=O) groups excluding carboxylic acids is 1. The highest BCUT2D eigenvalue weighted by Gasteiger charge is 2.54. The van der Waals surface area contributed by atoms with E-state index in [1.165, 1.54) is 12.1 Å². The van der Waals surface area contributed by atoms with E-state index in [1.54, 1.807) is 36.4 Å².